The van der Waals surface area contributed by atoms with Crippen LogP contribution in [0.1, 0.15) is 18.9 Å². The van der Waals surface area contributed by atoms with Crippen LogP contribution in [0.2, 0.25) is 0 Å². The zero-order valence-electron chi connectivity index (χ0n) is 9.78. The third kappa shape index (κ3) is 1.52. The summed E-state index contributed by atoms with van der Waals surface area (Å²) in [6.45, 7) is 3.13. The molecule has 1 aromatic carbocycles. The second-order valence-electron chi connectivity index (χ2n) is 4.73. The van der Waals surface area contributed by atoms with E-state index < -0.39 is 5.54 Å². The number of hydrogen-bond donors (Lipinski definition) is 1. The molecule has 0 bridgehead atoms. The summed E-state index contributed by atoms with van der Waals surface area (Å²) in [6, 6.07) is 6.85. The molecule has 2 saturated heterocycles. The van der Waals surface area contributed by atoms with E-state index in [1.165, 1.54) is 6.07 Å². The first kappa shape index (κ1) is 11.1. The second-order valence-corrected chi connectivity index (χ2v) is 4.73. The molecule has 0 aromatic heterocycles. The predicted octanol–water partition coefficient (Wildman–Crippen LogP) is 1.98. The Hall–Kier alpha value is -0.970. The van der Waals surface area contributed by atoms with Gasteiger partial charge in [0, 0.05) is 11.5 Å². The van der Waals surface area contributed by atoms with Gasteiger partial charge in [-0.2, -0.15) is 5.48 Å². The summed E-state index contributed by atoms with van der Waals surface area (Å²) < 4.78 is 19.7. The van der Waals surface area contributed by atoms with Gasteiger partial charge in [0.25, 0.3) is 0 Å². The number of fused-ring (bicyclic) bond motifs is 1. The van der Waals surface area contributed by atoms with Gasteiger partial charge in [-0.25, -0.2) is 4.39 Å². The Morgan fingerprint density at radius 3 is 3.06 bits per heavy atom. The summed E-state index contributed by atoms with van der Waals surface area (Å²) in [6.07, 6.45) is 1.07. The number of hydrogen-bond acceptors (Lipinski definition) is 3. The number of benzene rings is 1. The fourth-order valence-corrected chi connectivity index (χ4v) is 2.95. The normalized spacial score (nSPS) is 36.1. The Balaban J connectivity index is 2.04. The highest BCUT2D eigenvalue weighted by atomic mass is 19.1. The van der Waals surface area contributed by atoms with E-state index in [1.54, 1.807) is 6.07 Å². The van der Waals surface area contributed by atoms with Gasteiger partial charge < -0.3 is 9.57 Å². The molecule has 2 fully saturated rings. The molecule has 2 heterocycles. The van der Waals surface area contributed by atoms with Gasteiger partial charge in [0.2, 0.25) is 0 Å². The largest absolute Gasteiger partial charge is 0.375 e. The van der Waals surface area contributed by atoms with Crippen molar-refractivity contribution in [3.63, 3.8) is 0 Å². The smallest absolute Gasteiger partial charge is 0.128 e. The van der Waals surface area contributed by atoms with Crippen LogP contribution in [0, 0.1) is 11.7 Å². The number of nitrogens with one attached hydrogen (secondary N) is 1. The fourth-order valence-electron chi connectivity index (χ4n) is 2.95. The predicted molar refractivity (Wildman–Crippen MR) is 60.7 cm³/mol. The molecule has 3 atom stereocenters. The molecular weight excluding hydrogens is 221 g/mol. The van der Waals surface area contributed by atoms with Crippen molar-refractivity contribution in [3.8, 4) is 0 Å². The molecule has 0 aliphatic carbocycles. The Morgan fingerprint density at radius 2 is 2.29 bits per heavy atom. The quantitative estimate of drug-likeness (QED) is 0.853. The van der Waals surface area contributed by atoms with Crippen molar-refractivity contribution in [1.82, 2.24) is 5.48 Å². The van der Waals surface area contributed by atoms with E-state index in [0.29, 0.717) is 18.8 Å². The van der Waals surface area contributed by atoms with Crippen molar-refractivity contribution in [1.29, 1.82) is 0 Å². The highest BCUT2D eigenvalue weighted by Crippen LogP contribution is 2.44. The van der Waals surface area contributed by atoms with E-state index in [0.717, 1.165) is 6.42 Å². The van der Waals surface area contributed by atoms with E-state index in [4.69, 9.17) is 9.57 Å². The number of ether oxygens (including phenoxy) is 1. The zero-order valence-corrected chi connectivity index (χ0v) is 9.78. The fraction of sp³-hybridized carbons (Fsp3) is 0.538. The monoisotopic (exact) mass is 237 g/mol. The topological polar surface area (TPSA) is 30.5 Å². The van der Waals surface area contributed by atoms with Gasteiger partial charge in [-0.05, 0) is 12.5 Å². The third-order valence-electron chi connectivity index (χ3n) is 3.88. The Bertz CT molecular complexity index is 426. The molecule has 17 heavy (non-hydrogen) atoms. The van der Waals surface area contributed by atoms with Gasteiger partial charge in [-0.3, -0.25) is 0 Å². The van der Waals surface area contributed by atoms with Crippen LogP contribution in [0.25, 0.3) is 0 Å². The lowest BCUT2D eigenvalue weighted by Gasteiger charge is -2.27. The van der Waals surface area contributed by atoms with E-state index in [9.17, 15) is 4.39 Å². The van der Waals surface area contributed by atoms with Gasteiger partial charge in [0.1, 0.15) is 11.4 Å². The van der Waals surface area contributed by atoms with Crippen LogP contribution < -0.4 is 5.48 Å². The van der Waals surface area contributed by atoms with Crippen LogP contribution in [0.4, 0.5) is 4.39 Å². The lowest BCUT2D eigenvalue weighted by Crippen LogP contribution is -2.43. The molecule has 0 radical (unpaired) electrons. The first-order chi connectivity index (χ1) is 8.28. The maximum Gasteiger partial charge on any atom is 0.128 e. The van der Waals surface area contributed by atoms with Crippen molar-refractivity contribution in [2.24, 2.45) is 5.92 Å². The first-order valence-electron chi connectivity index (χ1n) is 6.03. The van der Waals surface area contributed by atoms with Crippen molar-refractivity contribution >= 4 is 0 Å². The minimum atomic E-state index is -0.508. The van der Waals surface area contributed by atoms with Crippen LogP contribution in [0.15, 0.2) is 24.3 Å². The summed E-state index contributed by atoms with van der Waals surface area (Å²) in [5.41, 5.74) is 3.13. The standard InChI is InChI=1S/C13H16FNO2/c1-2-12-10-7-17-15-13(10,8-16-12)9-5-3-4-6-11(9)14/h3-6,10,12,15H,2,7-8H2,1H3/t10-,12-,13-/m1/s1. The molecule has 92 valence electrons. The lowest BCUT2D eigenvalue weighted by molar-refractivity contribution is 0.00182. The van der Waals surface area contributed by atoms with Crippen LogP contribution in [0.5, 0.6) is 0 Å². The zero-order chi connectivity index (χ0) is 11.9. The molecule has 0 saturated carbocycles. The van der Waals surface area contributed by atoms with Gasteiger partial charge >= 0.3 is 0 Å². The highest BCUT2D eigenvalue weighted by molar-refractivity contribution is 5.30. The van der Waals surface area contributed by atoms with Gasteiger partial charge in [-0.15, -0.1) is 0 Å². The highest BCUT2D eigenvalue weighted by Gasteiger charge is 2.55. The van der Waals surface area contributed by atoms with E-state index in [2.05, 4.69) is 12.4 Å². The Morgan fingerprint density at radius 1 is 1.47 bits per heavy atom. The molecular formula is C13H16FNO2. The summed E-state index contributed by atoms with van der Waals surface area (Å²) in [5.74, 6) is -0.0137. The molecule has 2 aliphatic rings. The molecule has 3 nitrogen and oxygen atoms in total. The summed E-state index contributed by atoms with van der Waals surface area (Å²) in [4.78, 5) is 5.36. The van der Waals surface area contributed by atoms with Gasteiger partial charge in [0.05, 0.1) is 19.3 Å². The van der Waals surface area contributed by atoms with E-state index >= 15 is 0 Å². The SMILES string of the molecule is CC[C@H]1OC[C@]2(c3ccccc3F)NOC[C@H]12. The minimum absolute atomic E-state index is 0.143. The maximum absolute atomic E-state index is 14.0. The molecule has 0 amide bonds. The average molecular weight is 237 g/mol. The molecule has 1 N–H and O–H groups in total. The first-order valence-corrected chi connectivity index (χ1v) is 6.03. The molecule has 3 rings (SSSR count). The van der Waals surface area contributed by atoms with E-state index in [1.807, 2.05) is 12.1 Å². The maximum atomic E-state index is 14.0. The van der Waals surface area contributed by atoms with Crippen LogP contribution in [0.3, 0.4) is 0 Å². The Labute approximate surface area is 99.9 Å². The van der Waals surface area contributed by atoms with Crippen molar-refractivity contribution < 1.29 is 14.0 Å². The average Bonchev–Trinajstić information content (AvgIpc) is 2.88. The molecule has 2 aliphatic heterocycles. The number of hydroxylamine groups is 1. The number of halogens is 1. The van der Waals surface area contributed by atoms with Crippen LogP contribution >= 0.6 is 0 Å². The molecule has 1 aromatic rings. The Kier molecular flexibility index (Phi) is 2.65. The van der Waals surface area contributed by atoms with Crippen molar-refractivity contribution in [2.45, 2.75) is 25.0 Å². The number of rotatable bonds is 2. The van der Waals surface area contributed by atoms with Crippen molar-refractivity contribution in [3.05, 3.63) is 35.6 Å². The lowest BCUT2D eigenvalue weighted by atomic mass is 9.79. The second kappa shape index (κ2) is 4.05. The van der Waals surface area contributed by atoms with Crippen LogP contribution in [-0.2, 0) is 15.1 Å². The third-order valence-corrected chi connectivity index (χ3v) is 3.88. The molecule has 0 unspecified atom stereocenters. The molecule has 4 heteroatoms. The summed E-state index contributed by atoms with van der Waals surface area (Å²) >= 11 is 0. The minimum Gasteiger partial charge on any atom is -0.375 e. The summed E-state index contributed by atoms with van der Waals surface area (Å²) in [5, 5.41) is 0. The van der Waals surface area contributed by atoms with E-state index in [-0.39, 0.29) is 17.8 Å². The van der Waals surface area contributed by atoms with Crippen molar-refractivity contribution in [2.75, 3.05) is 13.2 Å². The van der Waals surface area contributed by atoms with Gasteiger partial charge in [0.15, 0.2) is 0 Å². The summed E-state index contributed by atoms with van der Waals surface area (Å²) in [7, 11) is 0. The van der Waals surface area contributed by atoms with Crippen LogP contribution in [-0.4, -0.2) is 19.3 Å². The molecule has 0 spiro atoms. The van der Waals surface area contributed by atoms with Gasteiger partial charge in [-0.1, -0.05) is 25.1 Å².